The zero-order chi connectivity index (χ0) is 21.6. The Morgan fingerprint density at radius 3 is 2.00 bits per heavy atom. The Morgan fingerprint density at radius 2 is 1.48 bits per heavy atom. The highest BCUT2D eigenvalue weighted by molar-refractivity contribution is 6.00. The fraction of sp³-hybridized carbons (Fsp3) is 0.391. The van der Waals surface area contributed by atoms with E-state index in [4.69, 9.17) is 9.47 Å². The standard InChI is InChI=1S/C23H30N2O4/c1-14(2)17-8-7-9-18(15(3)4)22(17)25-21(26)13-24-23(27)16-10-11-19(28-5)20(12-16)29-6/h7-12,14-15H,13H2,1-6H3,(H,24,27)(H,25,26). The van der Waals surface area contributed by atoms with E-state index in [9.17, 15) is 9.59 Å². The minimum absolute atomic E-state index is 0.128. The van der Waals surface area contributed by atoms with Crippen LogP contribution in [0.1, 0.15) is 61.0 Å². The summed E-state index contributed by atoms with van der Waals surface area (Å²) in [7, 11) is 3.04. The van der Waals surface area contributed by atoms with Crippen molar-refractivity contribution >= 4 is 17.5 Å². The van der Waals surface area contributed by atoms with Crippen LogP contribution in [-0.2, 0) is 4.79 Å². The molecule has 2 aromatic rings. The maximum atomic E-state index is 12.6. The molecule has 2 N–H and O–H groups in total. The predicted octanol–water partition coefficient (Wildman–Crippen LogP) is 4.32. The summed E-state index contributed by atoms with van der Waals surface area (Å²) in [6, 6.07) is 10.9. The summed E-state index contributed by atoms with van der Waals surface area (Å²) in [5.41, 5.74) is 3.38. The lowest BCUT2D eigenvalue weighted by atomic mass is 9.92. The van der Waals surface area contributed by atoms with Crippen molar-refractivity contribution in [3.05, 3.63) is 53.1 Å². The van der Waals surface area contributed by atoms with E-state index in [0.717, 1.165) is 16.8 Å². The van der Waals surface area contributed by atoms with E-state index in [0.29, 0.717) is 17.1 Å². The average Bonchev–Trinajstić information content (AvgIpc) is 2.71. The van der Waals surface area contributed by atoms with Crippen molar-refractivity contribution in [3.8, 4) is 11.5 Å². The maximum absolute atomic E-state index is 12.6. The summed E-state index contributed by atoms with van der Waals surface area (Å²) in [6.45, 7) is 8.24. The molecule has 2 aromatic carbocycles. The minimum Gasteiger partial charge on any atom is -0.493 e. The molecule has 2 rings (SSSR count). The molecule has 0 aromatic heterocycles. The summed E-state index contributed by atoms with van der Waals surface area (Å²) in [5.74, 6) is 0.900. The number of carbonyl (C=O) groups is 2. The van der Waals surface area contributed by atoms with E-state index < -0.39 is 0 Å². The van der Waals surface area contributed by atoms with Crippen LogP contribution in [0.3, 0.4) is 0 Å². The fourth-order valence-electron chi connectivity index (χ4n) is 3.12. The molecule has 0 aliphatic heterocycles. The number of methoxy groups -OCH3 is 2. The van der Waals surface area contributed by atoms with Crippen molar-refractivity contribution < 1.29 is 19.1 Å². The first kappa shape index (κ1) is 22.3. The monoisotopic (exact) mass is 398 g/mol. The Kier molecular flexibility index (Phi) is 7.65. The van der Waals surface area contributed by atoms with Gasteiger partial charge in [0.15, 0.2) is 11.5 Å². The smallest absolute Gasteiger partial charge is 0.251 e. The largest absolute Gasteiger partial charge is 0.493 e. The van der Waals surface area contributed by atoms with Gasteiger partial charge in [-0.15, -0.1) is 0 Å². The van der Waals surface area contributed by atoms with Gasteiger partial charge in [0.25, 0.3) is 5.91 Å². The molecule has 0 heterocycles. The van der Waals surface area contributed by atoms with Gasteiger partial charge < -0.3 is 20.1 Å². The van der Waals surface area contributed by atoms with E-state index >= 15 is 0 Å². The second-order valence-electron chi connectivity index (χ2n) is 7.42. The number of anilines is 1. The molecule has 0 aliphatic carbocycles. The number of hydrogen-bond acceptors (Lipinski definition) is 4. The zero-order valence-corrected chi connectivity index (χ0v) is 18.0. The molecule has 156 valence electrons. The topological polar surface area (TPSA) is 76.7 Å². The third kappa shape index (κ3) is 5.50. The summed E-state index contributed by atoms with van der Waals surface area (Å²) in [5, 5.41) is 5.65. The molecular weight excluding hydrogens is 368 g/mol. The van der Waals surface area contributed by atoms with Crippen LogP contribution in [-0.4, -0.2) is 32.6 Å². The molecule has 0 bridgehead atoms. The van der Waals surface area contributed by atoms with Gasteiger partial charge in [-0.05, 0) is 41.2 Å². The van der Waals surface area contributed by atoms with Crippen molar-refractivity contribution in [2.24, 2.45) is 0 Å². The lowest BCUT2D eigenvalue weighted by Crippen LogP contribution is -2.33. The Balaban J connectivity index is 2.10. The van der Waals surface area contributed by atoms with Gasteiger partial charge in [-0.1, -0.05) is 45.9 Å². The SMILES string of the molecule is COc1ccc(C(=O)NCC(=O)Nc2c(C(C)C)cccc2C(C)C)cc1OC. The number of benzene rings is 2. The van der Waals surface area contributed by atoms with Gasteiger partial charge in [0.1, 0.15) is 0 Å². The number of hydrogen-bond donors (Lipinski definition) is 2. The van der Waals surface area contributed by atoms with Crippen LogP contribution in [0.25, 0.3) is 0 Å². The molecule has 0 unspecified atom stereocenters. The van der Waals surface area contributed by atoms with Crippen LogP contribution in [0, 0.1) is 0 Å². The van der Waals surface area contributed by atoms with E-state index in [1.165, 1.54) is 14.2 Å². The summed E-state index contributed by atoms with van der Waals surface area (Å²) < 4.78 is 10.4. The Morgan fingerprint density at radius 1 is 0.897 bits per heavy atom. The number of ether oxygens (including phenoxy) is 2. The van der Waals surface area contributed by atoms with Gasteiger partial charge >= 0.3 is 0 Å². The Hall–Kier alpha value is -3.02. The number of rotatable bonds is 8. The summed E-state index contributed by atoms with van der Waals surface area (Å²) >= 11 is 0. The van der Waals surface area contributed by atoms with Crippen LogP contribution < -0.4 is 20.1 Å². The van der Waals surface area contributed by atoms with E-state index in [2.05, 4.69) is 38.3 Å². The van der Waals surface area contributed by atoms with Gasteiger partial charge in [-0.25, -0.2) is 0 Å². The molecule has 0 fully saturated rings. The molecule has 6 heteroatoms. The highest BCUT2D eigenvalue weighted by Crippen LogP contribution is 2.32. The van der Waals surface area contributed by atoms with Crippen molar-refractivity contribution in [1.82, 2.24) is 5.32 Å². The summed E-state index contributed by atoms with van der Waals surface area (Å²) in [6.07, 6.45) is 0. The molecule has 0 saturated heterocycles. The van der Waals surface area contributed by atoms with Crippen LogP contribution in [0.2, 0.25) is 0 Å². The predicted molar refractivity (Wildman–Crippen MR) is 115 cm³/mol. The second-order valence-corrected chi connectivity index (χ2v) is 7.42. The van der Waals surface area contributed by atoms with E-state index in [1.807, 2.05) is 18.2 Å². The first-order chi connectivity index (χ1) is 13.8. The van der Waals surface area contributed by atoms with Gasteiger partial charge in [-0.3, -0.25) is 9.59 Å². The molecule has 29 heavy (non-hydrogen) atoms. The van der Waals surface area contributed by atoms with E-state index in [-0.39, 0.29) is 30.2 Å². The quantitative estimate of drug-likeness (QED) is 0.694. The average molecular weight is 399 g/mol. The highest BCUT2D eigenvalue weighted by Gasteiger charge is 2.17. The molecular formula is C23H30N2O4. The van der Waals surface area contributed by atoms with Crippen molar-refractivity contribution in [3.63, 3.8) is 0 Å². The van der Waals surface area contributed by atoms with Crippen molar-refractivity contribution in [2.45, 2.75) is 39.5 Å². The zero-order valence-electron chi connectivity index (χ0n) is 18.0. The van der Waals surface area contributed by atoms with Crippen LogP contribution in [0.5, 0.6) is 11.5 Å². The van der Waals surface area contributed by atoms with Gasteiger partial charge in [0, 0.05) is 11.3 Å². The minimum atomic E-state index is -0.359. The molecule has 0 atom stereocenters. The molecule has 0 aliphatic rings. The van der Waals surface area contributed by atoms with Crippen molar-refractivity contribution in [1.29, 1.82) is 0 Å². The lowest BCUT2D eigenvalue weighted by molar-refractivity contribution is -0.115. The first-order valence-corrected chi connectivity index (χ1v) is 9.71. The molecule has 0 spiro atoms. The fourth-order valence-corrected chi connectivity index (χ4v) is 3.12. The molecule has 0 saturated carbocycles. The number of para-hydroxylation sites is 1. The number of carbonyl (C=O) groups excluding carboxylic acids is 2. The first-order valence-electron chi connectivity index (χ1n) is 9.71. The summed E-state index contributed by atoms with van der Waals surface area (Å²) in [4.78, 5) is 25.0. The van der Waals surface area contributed by atoms with Crippen LogP contribution in [0.4, 0.5) is 5.69 Å². The van der Waals surface area contributed by atoms with Gasteiger partial charge in [-0.2, -0.15) is 0 Å². The third-order valence-corrected chi connectivity index (χ3v) is 4.69. The van der Waals surface area contributed by atoms with Gasteiger partial charge in [0.05, 0.1) is 20.8 Å². The molecule has 6 nitrogen and oxygen atoms in total. The maximum Gasteiger partial charge on any atom is 0.251 e. The molecule has 2 amide bonds. The third-order valence-electron chi connectivity index (χ3n) is 4.69. The van der Waals surface area contributed by atoms with Gasteiger partial charge in [0.2, 0.25) is 5.91 Å². The Bertz CT molecular complexity index is 849. The normalized spacial score (nSPS) is 10.8. The number of nitrogens with one attached hydrogen (secondary N) is 2. The Labute approximate surface area is 172 Å². The highest BCUT2D eigenvalue weighted by atomic mass is 16.5. The second kappa shape index (κ2) is 9.96. The molecule has 0 radical (unpaired) electrons. The van der Waals surface area contributed by atoms with Crippen LogP contribution in [0.15, 0.2) is 36.4 Å². The van der Waals surface area contributed by atoms with Crippen LogP contribution >= 0.6 is 0 Å². The lowest BCUT2D eigenvalue weighted by Gasteiger charge is -2.20. The number of amides is 2. The van der Waals surface area contributed by atoms with Crippen molar-refractivity contribution in [2.75, 3.05) is 26.1 Å². The van der Waals surface area contributed by atoms with E-state index in [1.54, 1.807) is 18.2 Å².